The van der Waals surface area contributed by atoms with Gasteiger partial charge in [0.25, 0.3) is 0 Å². The van der Waals surface area contributed by atoms with Crippen molar-refractivity contribution in [2.45, 2.75) is 26.8 Å². The monoisotopic (exact) mass is 284 g/mol. The lowest BCUT2D eigenvalue weighted by Crippen LogP contribution is -2.32. The van der Waals surface area contributed by atoms with Crippen LogP contribution in [-0.4, -0.2) is 24.2 Å². The molecule has 1 unspecified atom stereocenters. The Hall–Kier alpha value is -1.20. The number of rotatable bonds is 7. The largest absolute Gasteiger partial charge is 0.389 e. The summed E-state index contributed by atoms with van der Waals surface area (Å²) in [6, 6.07) is 4.85. The number of anilines is 1. The third-order valence-corrected chi connectivity index (χ3v) is 3.11. The maximum absolute atomic E-state index is 13.8. The van der Waals surface area contributed by atoms with Crippen molar-refractivity contribution in [3.05, 3.63) is 29.6 Å². The summed E-state index contributed by atoms with van der Waals surface area (Å²) in [6.45, 7) is 7.31. The highest BCUT2D eigenvalue weighted by Gasteiger charge is 2.17. The second-order valence-electron chi connectivity index (χ2n) is 4.68. The van der Waals surface area contributed by atoms with Crippen LogP contribution in [0.25, 0.3) is 0 Å². The maximum atomic E-state index is 13.8. The molecule has 0 spiro atoms. The van der Waals surface area contributed by atoms with Gasteiger partial charge in [-0.2, -0.15) is 0 Å². The van der Waals surface area contributed by atoms with Gasteiger partial charge in [0.2, 0.25) is 0 Å². The van der Waals surface area contributed by atoms with E-state index in [2.05, 4.69) is 19.2 Å². The Morgan fingerprint density at radius 1 is 1.47 bits per heavy atom. The van der Waals surface area contributed by atoms with E-state index in [1.807, 2.05) is 6.92 Å². The minimum Gasteiger partial charge on any atom is -0.389 e. The molecule has 0 amide bonds. The first-order valence-corrected chi connectivity index (χ1v) is 6.80. The summed E-state index contributed by atoms with van der Waals surface area (Å²) < 4.78 is 19.2. The van der Waals surface area contributed by atoms with E-state index in [0.29, 0.717) is 24.8 Å². The van der Waals surface area contributed by atoms with Crippen molar-refractivity contribution in [1.82, 2.24) is 0 Å². The fraction of sp³-hybridized carbons (Fsp3) is 0.500. The van der Waals surface area contributed by atoms with Crippen molar-refractivity contribution in [1.29, 1.82) is 0 Å². The van der Waals surface area contributed by atoms with Crippen LogP contribution in [0.2, 0.25) is 0 Å². The molecule has 0 aliphatic rings. The van der Waals surface area contributed by atoms with Gasteiger partial charge in [-0.3, -0.25) is 0 Å². The van der Waals surface area contributed by atoms with Crippen LogP contribution in [0.4, 0.5) is 10.1 Å². The van der Waals surface area contributed by atoms with Gasteiger partial charge in [0.15, 0.2) is 0 Å². The number of hydrogen-bond acceptors (Lipinski definition) is 3. The molecule has 0 saturated heterocycles. The zero-order valence-corrected chi connectivity index (χ0v) is 12.4. The second-order valence-corrected chi connectivity index (χ2v) is 5.12. The van der Waals surface area contributed by atoms with Crippen molar-refractivity contribution in [2.24, 2.45) is 11.7 Å². The third-order valence-electron chi connectivity index (χ3n) is 2.91. The standard InChI is InChI=1S/C14H21FN2OS/c1-4-18-8-12(9(2)3)17-11-7-5-6-10(15)13(11)14(16)19/h5-7,9,12,17H,4,8H2,1-3H3,(H2,16,19). The second kappa shape index (κ2) is 7.40. The highest BCUT2D eigenvalue weighted by molar-refractivity contribution is 7.80. The summed E-state index contributed by atoms with van der Waals surface area (Å²) in [7, 11) is 0. The zero-order chi connectivity index (χ0) is 14.4. The van der Waals surface area contributed by atoms with Crippen LogP contribution in [0, 0.1) is 11.7 Å². The van der Waals surface area contributed by atoms with Gasteiger partial charge in [0, 0.05) is 12.3 Å². The summed E-state index contributed by atoms with van der Waals surface area (Å²) in [5.41, 5.74) is 6.47. The Morgan fingerprint density at radius 2 is 2.16 bits per heavy atom. The number of thiocarbonyl (C=S) groups is 1. The van der Waals surface area contributed by atoms with Gasteiger partial charge in [-0.25, -0.2) is 4.39 Å². The Balaban J connectivity index is 2.96. The van der Waals surface area contributed by atoms with Crippen LogP contribution in [0.15, 0.2) is 18.2 Å². The van der Waals surface area contributed by atoms with Crippen molar-refractivity contribution >= 4 is 22.9 Å². The molecule has 1 rings (SSSR count). The molecule has 19 heavy (non-hydrogen) atoms. The quantitative estimate of drug-likeness (QED) is 0.756. The Bertz CT molecular complexity index is 437. The molecular weight excluding hydrogens is 263 g/mol. The summed E-state index contributed by atoms with van der Waals surface area (Å²) >= 11 is 4.91. The SMILES string of the molecule is CCOCC(Nc1cccc(F)c1C(N)=S)C(C)C. The van der Waals surface area contributed by atoms with Gasteiger partial charge >= 0.3 is 0 Å². The van der Waals surface area contributed by atoms with Gasteiger partial charge in [0.1, 0.15) is 10.8 Å². The van der Waals surface area contributed by atoms with E-state index < -0.39 is 5.82 Å². The van der Waals surface area contributed by atoms with Gasteiger partial charge in [-0.1, -0.05) is 32.1 Å². The molecule has 0 fully saturated rings. The van der Waals surface area contributed by atoms with Crippen LogP contribution in [0.1, 0.15) is 26.3 Å². The molecule has 0 aromatic heterocycles. The molecule has 5 heteroatoms. The lowest BCUT2D eigenvalue weighted by Gasteiger charge is -2.24. The number of nitrogens with one attached hydrogen (secondary N) is 1. The molecule has 0 aliphatic heterocycles. The zero-order valence-electron chi connectivity index (χ0n) is 11.6. The van der Waals surface area contributed by atoms with Crippen molar-refractivity contribution in [2.75, 3.05) is 18.5 Å². The average Bonchev–Trinajstić information content (AvgIpc) is 2.33. The molecule has 1 atom stereocenters. The van der Waals surface area contributed by atoms with Crippen molar-refractivity contribution < 1.29 is 9.13 Å². The highest BCUT2D eigenvalue weighted by atomic mass is 32.1. The normalized spacial score (nSPS) is 12.5. The van der Waals surface area contributed by atoms with Gasteiger partial charge < -0.3 is 15.8 Å². The fourth-order valence-electron chi connectivity index (χ4n) is 1.74. The minimum absolute atomic E-state index is 0.0551. The highest BCUT2D eigenvalue weighted by Crippen LogP contribution is 2.21. The first-order chi connectivity index (χ1) is 8.97. The maximum Gasteiger partial charge on any atom is 0.135 e. The van der Waals surface area contributed by atoms with Gasteiger partial charge in [0.05, 0.1) is 18.2 Å². The van der Waals surface area contributed by atoms with Crippen LogP contribution in [-0.2, 0) is 4.74 Å². The van der Waals surface area contributed by atoms with Crippen LogP contribution < -0.4 is 11.1 Å². The lowest BCUT2D eigenvalue weighted by atomic mass is 10.0. The van der Waals surface area contributed by atoms with E-state index in [1.54, 1.807) is 12.1 Å². The van der Waals surface area contributed by atoms with E-state index >= 15 is 0 Å². The van der Waals surface area contributed by atoms with Gasteiger partial charge in [-0.05, 0) is 25.0 Å². The molecule has 3 N–H and O–H groups in total. The molecule has 0 saturated carbocycles. The fourth-order valence-corrected chi connectivity index (χ4v) is 1.95. The molecule has 1 aromatic carbocycles. The summed E-state index contributed by atoms with van der Waals surface area (Å²) in [5.74, 6) is -0.0644. The topological polar surface area (TPSA) is 47.3 Å². The van der Waals surface area contributed by atoms with E-state index in [9.17, 15) is 4.39 Å². The Kier molecular flexibility index (Phi) is 6.18. The van der Waals surface area contributed by atoms with E-state index in [4.69, 9.17) is 22.7 Å². The molecule has 0 radical (unpaired) electrons. The predicted octanol–water partition coefficient (Wildman–Crippen LogP) is 2.93. The number of nitrogens with two attached hydrogens (primary N) is 1. The first-order valence-electron chi connectivity index (χ1n) is 6.40. The van der Waals surface area contributed by atoms with Crippen LogP contribution in [0.5, 0.6) is 0 Å². The number of ether oxygens (including phenoxy) is 1. The van der Waals surface area contributed by atoms with E-state index in [1.165, 1.54) is 6.07 Å². The third kappa shape index (κ3) is 4.44. The smallest absolute Gasteiger partial charge is 0.135 e. The molecule has 0 bridgehead atoms. The first kappa shape index (κ1) is 15.9. The molecular formula is C14H21FN2OS. The number of halogens is 1. The predicted molar refractivity (Wildman–Crippen MR) is 81.0 cm³/mol. The summed E-state index contributed by atoms with van der Waals surface area (Å²) in [4.78, 5) is 0.0551. The van der Waals surface area contributed by atoms with Gasteiger partial charge in [-0.15, -0.1) is 0 Å². The van der Waals surface area contributed by atoms with E-state index in [-0.39, 0.29) is 16.6 Å². The van der Waals surface area contributed by atoms with Crippen molar-refractivity contribution in [3.8, 4) is 0 Å². The van der Waals surface area contributed by atoms with Crippen LogP contribution in [0.3, 0.4) is 0 Å². The lowest BCUT2D eigenvalue weighted by molar-refractivity contribution is 0.127. The van der Waals surface area contributed by atoms with E-state index in [0.717, 1.165) is 0 Å². The number of benzene rings is 1. The minimum atomic E-state index is -0.406. The van der Waals surface area contributed by atoms with Crippen LogP contribution >= 0.6 is 12.2 Å². The van der Waals surface area contributed by atoms with Crippen molar-refractivity contribution in [3.63, 3.8) is 0 Å². The Morgan fingerprint density at radius 3 is 2.68 bits per heavy atom. The molecule has 3 nitrogen and oxygen atoms in total. The number of hydrogen-bond donors (Lipinski definition) is 2. The molecule has 0 aliphatic carbocycles. The summed E-state index contributed by atoms with van der Waals surface area (Å²) in [6.07, 6.45) is 0. The molecule has 0 heterocycles. The Labute approximate surface area is 119 Å². The average molecular weight is 284 g/mol. The molecule has 106 valence electrons. The molecule has 1 aromatic rings. The summed E-state index contributed by atoms with van der Waals surface area (Å²) in [5, 5.41) is 3.27.